The molecule has 246 valence electrons. The van der Waals surface area contributed by atoms with Crippen molar-refractivity contribution in [2.45, 2.75) is 116 Å². The van der Waals surface area contributed by atoms with Crippen molar-refractivity contribution in [3.05, 3.63) is 59.7 Å². The van der Waals surface area contributed by atoms with Crippen LogP contribution in [0, 0.1) is 23.7 Å². The van der Waals surface area contributed by atoms with Crippen LogP contribution in [0.1, 0.15) is 114 Å². The smallest absolute Gasteiger partial charge is 0.336 e. The SMILES string of the molecule is C=C(COC)C(=O)OCC(CCc1ccc(C2CCC(C3CCC(CCCCC)CC3)CC2)cc1)COC(=O)C(=C)C(C)O. The van der Waals surface area contributed by atoms with Gasteiger partial charge in [-0.2, -0.15) is 0 Å². The van der Waals surface area contributed by atoms with E-state index in [2.05, 4.69) is 44.3 Å². The molecule has 0 heterocycles. The van der Waals surface area contributed by atoms with Crippen molar-refractivity contribution in [1.29, 1.82) is 0 Å². The molecule has 44 heavy (non-hydrogen) atoms. The highest BCUT2D eigenvalue weighted by Gasteiger charge is 2.31. The van der Waals surface area contributed by atoms with Crippen molar-refractivity contribution in [3.8, 4) is 0 Å². The summed E-state index contributed by atoms with van der Waals surface area (Å²) in [7, 11) is 1.49. The van der Waals surface area contributed by atoms with Crippen LogP contribution < -0.4 is 0 Å². The maximum atomic E-state index is 12.2. The molecule has 1 aromatic rings. The Bertz CT molecular complexity index is 1030. The lowest BCUT2D eigenvalue weighted by atomic mass is 9.68. The van der Waals surface area contributed by atoms with E-state index in [0.29, 0.717) is 12.3 Å². The second-order valence-corrected chi connectivity index (χ2v) is 13.5. The Morgan fingerprint density at radius 2 is 1.48 bits per heavy atom. The van der Waals surface area contributed by atoms with Crippen molar-refractivity contribution in [2.75, 3.05) is 26.9 Å². The summed E-state index contributed by atoms with van der Waals surface area (Å²) in [6.07, 6.45) is 17.2. The molecule has 0 radical (unpaired) electrons. The van der Waals surface area contributed by atoms with E-state index in [4.69, 9.17) is 14.2 Å². The second kappa shape index (κ2) is 19.2. The first-order valence-electron chi connectivity index (χ1n) is 17.2. The predicted molar refractivity (Wildman–Crippen MR) is 176 cm³/mol. The minimum absolute atomic E-state index is 0.00373. The maximum absolute atomic E-state index is 12.2. The van der Waals surface area contributed by atoms with E-state index >= 15 is 0 Å². The van der Waals surface area contributed by atoms with Gasteiger partial charge < -0.3 is 19.3 Å². The van der Waals surface area contributed by atoms with Crippen molar-refractivity contribution in [1.82, 2.24) is 0 Å². The third-order valence-electron chi connectivity index (χ3n) is 10.1. The Hall–Kier alpha value is -2.44. The fourth-order valence-corrected chi connectivity index (χ4v) is 7.08. The molecule has 2 unspecified atom stereocenters. The summed E-state index contributed by atoms with van der Waals surface area (Å²) in [6, 6.07) is 9.01. The quantitative estimate of drug-likeness (QED) is 0.103. The number of carbonyl (C=O) groups excluding carboxylic acids is 2. The lowest BCUT2D eigenvalue weighted by Gasteiger charge is -2.38. The summed E-state index contributed by atoms with van der Waals surface area (Å²) in [5, 5.41) is 9.63. The van der Waals surface area contributed by atoms with E-state index in [1.807, 2.05) is 0 Å². The number of esters is 2. The van der Waals surface area contributed by atoms with Crippen molar-refractivity contribution in [2.24, 2.45) is 23.7 Å². The van der Waals surface area contributed by atoms with Gasteiger partial charge in [0.15, 0.2) is 0 Å². The first kappa shape index (κ1) is 36.0. The van der Waals surface area contributed by atoms with Gasteiger partial charge in [0.1, 0.15) is 0 Å². The van der Waals surface area contributed by atoms with Crippen molar-refractivity contribution >= 4 is 11.9 Å². The van der Waals surface area contributed by atoms with E-state index in [9.17, 15) is 14.7 Å². The number of aliphatic hydroxyl groups is 1. The van der Waals surface area contributed by atoms with Gasteiger partial charge in [-0.1, -0.05) is 82.9 Å². The van der Waals surface area contributed by atoms with E-state index in [-0.39, 0.29) is 36.9 Å². The molecule has 6 heteroatoms. The number of hydrogen-bond acceptors (Lipinski definition) is 6. The molecule has 0 aromatic heterocycles. The molecule has 1 N–H and O–H groups in total. The highest BCUT2D eigenvalue weighted by molar-refractivity contribution is 5.88. The molecular formula is C38H58O6. The Kier molecular flexibility index (Phi) is 15.7. The van der Waals surface area contributed by atoms with Crippen LogP contribution >= 0.6 is 0 Å². The average molecular weight is 611 g/mol. The Balaban J connectivity index is 1.46. The van der Waals surface area contributed by atoms with Gasteiger partial charge in [0.05, 0.1) is 37.1 Å². The molecule has 0 saturated heterocycles. The summed E-state index contributed by atoms with van der Waals surface area (Å²) in [5.74, 6) is 2.15. The van der Waals surface area contributed by atoms with Crippen molar-refractivity contribution in [3.63, 3.8) is 0 Å². The number of carbonyl (C=O) groups is 2. The van der Waals surface area contributed by atoms with Crippen LogP contribution in [0.4, 0.5) is 0 Å². The molecule has 0 aliphatic heterocycles. The van der Waals surface area contributed by atoms with E-state index in [1.54, 1.807) is 0 Å². The van der Waals surface area contributed by atoms with Gasteiger partial charge in [0.25, 0.3) is 0 Å². The molecule has 0 bridgehead atoms. The fraction of sp³-hybridized carbons (Fsp3) is 0.684. The summed E-state index contributed by atoms with van der Waals surface area (Å²) < 4.78 is 15.8. The standard InChI is InChI=1S/C38H58O6/c1-6-7-8-9-30-12-16-33(17-13-30)35-20-22-36(23-21-35)34-18-14-31(15-19-34)10-11-32(25-43-37(40)27(2)24-42-5)26-44-38(41)28(3)29(4)39/h14-15,18-19,29-30,32-33,35-36,39H,2-3,6-13,16-17,20-26H2,1,4-5H3. The highest BCUT2D eigenvalue weighted by Crippen LogP contribution is 2.44. The zero-order chi connectivity index (χ0) is 31.9. The number of ether oxygens (including phenoxy) is 3. The molecule has 2 atom stereocenters. The topological polar surface area (TPSA) is 82.1 Å². The minimum Gasteiger partial charge on any atom is -0.462 e. The Labute approximate surface area is 266 Å². The summed E-state index contributed by atoms with van der Waals surface area (Å²) in [5.41, 5.74) is 2.89. The number of aryl methyl sites for hydroxylation is 1. The van der Waals surface area contributed by atoms with E-state index < -0.39 is 18.0 Å². The first-order valence-corrected chi connectivity index (χ1v) is 17.2. The van der Waals surface area contributed by atoms with Crippen LogP contribution in [0.2, 0.25) is 0 Å². The van der Waals surface area contributed by atoms with Crippen LogP contribution in [-0.4, -0.2) is 50.1 Å². The molecule has 6 nitrogen and oxygen atoms in total. The van der Waals surface area contributed by atoms with Gasteiger partial charge in [0, 0.05) is 13.0 Å². The molecule has 3 rings (SSSR count). The predicted octanol–water partition coefficient (Wildman–Crippen LogP) is 8.12. The summed E-state index contributed by atoms with van der Waals surface area (Å²) in [4.78, 5) is 24.5. The monoisotopic (exact) mass is 610 g/mol. The van der Waals surface area contributed by atoms with Gasteiger partial charge in [0.2, 0.25) is 0 Å². The number of methoxy groups -OCH3 is 1. The van der Waals surface area contributed by atoms with Crippen LogP contribution in [0.15, 0.2) is 48.6 Å². The molecule has 0 amide bonds. The normalized spacial score (nSPS) is 23.4. The number of aliphatic hydroxyl groups excluding tert-OH is 1. The lowest BCUT2D eigenvalue weighted by Crippen LogP contribution is -2.25. The summed E-state index contributed by atoms with van der Waals surface area (Å²) >= 11 is 0. The van der Waals surface area contributed by atoms with Gasteiger partial charge in [-0.25, -0.2) is 9.59 Å². The highest BCUT2D eigenvalue weighted by atomic mass is 16.5. The Morgan fingerprint density at radius 3 is 2.05 bits per heavy atom. The Morgan fingerprint density at radius 1 is 0.886 bits per heavy atom. The van der Waals surface area contributed by atoms with Gasteiger partial charge in [-0.15, -0.1) is 0 Å². The van der Waals surface area contributed by atoms with E-state index in [1.165, 1.54) is 102 Å². The zero-order valence-corrected chi connectivity index (χ0v) is 27.7. The third kappa shape index (κ3) is 11.8. The van der Waals surface area contributed by atoms with Gasteiger partial charge in [-0.05, 0) is 93.1 Å². The molecule has 2 aliphatic carbocycles. The van der Waals surface area contributed by atoms with Crippen LogP contribution in [0.25, 0.3) is 0 Å². The molecular weight excluding hydrogens is 552 g/mol. The van der Waals surface area contributed by atoms with Crippen LogP contribution in [0.5, 0.6) is 0 Å². The number of unbranched alkanes of at least 4 members (excludes halogenated alkanes) is 2. The van der Waals surface area contributed by atoms with Crippen LogP contribution in [0.3, 0.4) is 0 Å². The fourth-order valence-electron chi connectivity index (χ4n) is 7.08. The largest absolute Gasteiger partial charge is 0.462 e. The van der Waals surface area contributed by atoms with Gasteiger partial charge >= 0.3 is 11.9 Å². The number of hydrogen-bond donors (Lipinski definition) is 1. The lowest BCUT2D eigenvalue weighted by molar-refractivity contribution is -0.145. The third-order valence-corrected chi connectivity index (χ3v) is 10.1. The number of benzene rings is 1. The van der Waals surface area contributed by atoms with Crippen molar-refractivity contribution < 1.29 is 28.9 Å². The van der Waals surface area contributed by atoms with Gasteiger partial charge in [-0.3, -0.25) is 0 Å². The average Bonchev–Trinajstić information content (AvgIpc) is 3.04. The second-order valence-electron chi connectivity index (χ2n) is 13.5. The molecule has 2 saturated carbocycles. The molecule has 2 fully saturated rings. The number of rotatable bonds is 18. The maximum Gasteiger partial charge on any atom is 0.336 e. The molecule has 2 aliphatic rings. The molecule has 0 spiro atoms. The van der Waals surface area contributed by atoms with E-state index in [0.717, 1.165) is 24.2 Å². The molecule has 1 aromatic carbocycles. The van der Waals surface area contributed by atoms with Crippen LogP contribution in [-0.2, 0) is 30.2 Å². The zero-order valence-electron chi connectivity index (χ0n) is 27.7. The minimum atomic E-state index is -0.982. The summed E-state index contributed by atoms with van der Waals surface area (Å²) in [6.45, 7) is 11.3. The first-order chi connectivity index (χ1) is 21.2.